The number of thiazole rings is 1. The quantitative estimate of drug-likeness (QED) is 0.802. The van der Waals surface area contributed by atoms with Crippen LogP contribution in [0.15, 0.2) is 11.6 Å². The third-order valence-electron chi connectivity index (χ3n) is 3.36. The molecule has 0 spiro atoms. The van der Waals surface area contributed by atoms with Gasteiger partial charge in [0.15, 0.2) is 0 Å². The maximum atomic E-state index is 5.88. The van der Waals surface area contributed by atoms with Crippen molar-refractivity contribution in [2.75, 3.05) is 13.1 Å². The Morgan fingerprint density at radius 1 is 1.47 bits per heavy atom. The van der Waals surface area contributed by atoms with Crippen LogP contribution in [0.3, 0.4) is 0 Å². The van der Waals surface area contributed by atoms with Crippen LogP contribution in [0.1, 0.15) is 30.7 Å². The Balaban J connectivity index is 1.77. The monoisotopic (exact) mass is 225 g/mol. The molecule has 1 aliphatic carbocycles. The van der Waals surface area contributed by atoms with Gasteiger partial charge < -0.3 is 11.1 Å². The van der Waals surface area contributed by atoms with Crippen LogP contribution >= 0.6 is 11.3 Å². The van der Waals surface area contributed by atoms with Crippen molar-refractivity contribution < 1.29 is 0 Å². The van der Waals surface area contributed by atoms with Crippen LogP contribution in [-0.2, 0) is 6.54 Å². The lowest BCUT2D eigenvalue weighted by molar-refractivity contribution is 0.290. The van der Waals surface area contributed by atoms with Gasteiger partial charge in [-0.2, -0.15) is 0 Å². The number of nitrogens with one attached hydrogen (secondary N) is 1. The highest BCUT2D eigenvalue weighted by Crippen LogP contribution is 2.36. The van der Waals surface area contributed by atoms with E-state index in [1.165, 1.54) is 30.7 Å². The van der Waals surface area contributed by atoms with Crippen LogP contribution in [0.2, 0.25) is 0 Å². The summed E-state index contributed by atoms with van der Waals surface area (Å²) in [6, 6.07) is 0. The van der Waals surface area contributed by atoms with Gasteiger partial charge in [-0.05, 0) is 24.8 Å². The molecule has 0 amide bonds. The Hall–Kier alpha value is -0.450. The van der Waals surface area contributed by atoms with Crippen LogP contribution in [-0.4, -0.2) is 18.1 Å². The summed E-state index contributed by atoms with van der Waals surface area (Å²) in [5, 5.41) is 6.68. The highest BCUT2D eigenvalue weighted by molar-refractivity contribution is 7.09. The summed E-state index contributed by atoms with van der Waals surface area (Å²) in [6.45, 7) is 2.75. The standard InChI is InChI=1S/C11H19N3S/c12-8-11(3-1-2-4-11)9-13-7-10-14-5-6-15-10/h5-6,13H,1-4,7-9,12H2. The topological polar surface area (TPSA) is 50.9 Å². The van der Waals surface area contributed by atoms with Gasteiger partial charge in [0, 0.05) is 24.7 Å². The molecule has 0 atom stereocenters. The van der Waals surface area contributed by atoms with E-state index in [1.807, 2.05) is 11.6 Å². The van der Waals surface area contributed by atoms with Crippen LogP contribution < -0.4 is 11.1 Å². The molecule has 4 heteroatoms. The number of aromatic nitrogens is 1. The minimum atomic E-state index is 0.372. The molecule has 2 rings (SSSR count). The largest absolute Gasteiger partial charge is 0.330 e. The lowest BCUT2D eigenvalue weighted by atomic mass is 9.86. The number of hydrogen-bond donors (Lipinski definition) is 2. The summed E-state index contributed by atoms with van der Waals surface area (Å²) in [6.07, 6.45) is 7.12. The van der Waals surface area contributed by atoms with Crippen molar-refractivity contribution in [3.63, 3.8) is 0 Å². The van der Waals surface area contributed by atoms with E-state index in [9.17, 15) is 0 Å². The molecule has 1 aliphatic rings. The van der Waals surface area contributed by atoms with Gasteiger partial charge in [-0.1, -0.05) is 12.8 Å². The van der Waals surface area contributed by atoms with Gasteiger partial charge in [-0.15, -0.1) is 11.3 Å². The van der Waals surface area contributed by atoms with Crippen molar-refractivity contribution >= 4 is 11.3 Å². The predicted octanol–water partition coefficient (Wildman–Crippen LogP) is 1.75. The number of hydrogen-bond acceptors (Lipinski definition) is 4. The first kappa shape index (κ1) is 11.0. The van der Waals surface area contributed by atoms with Crippen molar-refractivity contribution in [1.82, 2.24) is 10.3 Å². The second-order valence-electron chi connectivity index (χ2n) is 4.44. The first-order valence-electron chi connectivity index (χ1n) is 5.64. The van der Waals surface area contributed by atoms with Crippen molar-refractivity contribution in [2.24, 2.45) is 11.1 Å². The van der Waals surface area contributed by atoms with E-state index in [2.05, 4.69) is 10.3 Å². The van der Waals surface area contributed by atoms with Gasteiger partial charge in [-0.25, -0.2) is 4.98 Å². The molecule has 1 aromatic rings. The zero-order chi connectivity index (χ0) is 10.6. The average molecular weight is 225 g/mol. The normalized spacial score (nSPS) is 19.5. The summed E-state index contributed by atoms with van der Waals surface area (Å²) < 4.78 is 0. The van der Waals surface area contributed by atoms with Crippen LogP contribution in [0.5, 0.6) is 0 Å². The molecule has 1 saturated carbocycles. The van der Waals surface area contributed by atoms with E-state index in [1.54, 1.807) is 11.3 Å². The van der Waals surface area contributed by atoms with Gasteiger partial charge in [0.1, 0.15) is 5.01 Å². The molecule has 0 aromatic carbocycles. The van der Waals surface area contributed by atoms with E-state index < -0.39 is 0 Å². The molecule has 0 radical (unpaired) electrons. The number of nitrogens with zero attached hydrogens (tertiary/aromatic N) is 1. The molecule has 0 saturated heterocycles. The first-order valence-corrected chi connectivity index (χ1v) is 6.52. The Kier molecular flexibility index (Phi) is 3.72. The van der Waals surface area contributed by atoms with E-state index in [0.29, 0.717) is 5.41 Å². The summed E-state index contributed by atoms with van der Waals surface area (Å²) in [5.41, 5.74) is 6.25. The molecule has 1 aromatic heterocycles. The third kappa shape index (κ3) is 2.77. The SMILES string of the molecule is NCC1(CNCc2nccs2)CCCC1. The smallest absolute Gasteiger partial charge is 0.106 e. The molecular formula is C11H19N3S. The van der Waals surface area contributed by atoms with Crippen LogP contribution in [0, 0.1) is 5.41 Å². The molecule has 15 heavy (non-hydrogen) atoms. The minimum Gasteiger partial charge on any atom is -0.330 e. The highest BCUT2D eigenvalue weighted by Gasteiger charge is 2.31. The fraction of sp³-hybridized carbons (Fsp3) is 0.727. The molecule has 0 aliphatic heterocycles. The van der Waals surface area contributed by atoms with Crippen LogP contribution in [0.4, 0.5) is 0 Å². The minimum absolute atomic E-state index is 0.372. The second-order valence-corrected chi connectivity index (χ2v) is 5.42. The fourth-order valence-corrected chi connectivity index (χ4v) is 2.94. The molecule has 0 unspecified atom stereocenters. The molecular weight excluding hydrogens is 206 g/mol. The zero-order valence-electron chi connectivity index (χ0n) is 9.04. The maximum Gasteiger partial charge on any atom is 0.106 e. The third-order valence-corrected chi connectivity index (χ3v) is 4.14. The predicted molar refractivity (Wildman–Crippen MR) is 63.8 cm³/mol. The maximum absolute atomic E-state index is 5.88. The van der Waals surface area contributed by atoms with Crippen molar-refractivity contribution in [1.29, 1.82) is 0 Å². The van der Waals surface area contributed by atoms with E-state index in [0.717, 1.165) is 19.6 Å². The summed E-state index contributed by atoms with van der Waals surface area (Å²) in [4.78, 5) is 4.25. The lowest BCUT2D eigenvalue weighted by Crippen LogP contribution is -2.38. The Morgan fingerprint density at radius 2 is 2.27 bits per heavy atom. The van der Waals surface area contributed by atoms with Gasteiger partial charge in [0.25, 0.3) is 0 Å². The Bertz CT molecular complexity index is 278. The molecule has 84 valence electrons. The van der Waals surface area contributed by atoms with Gasteiger partial charge in [0.05, 0.1) is 0 Å². The van der Waals surface area contributed by atoms with Crippen molar-refractivity contribution in [3.8, 4) is 0 Å². The second kappa shape index (κ2) is 5.05. The average Bonchev–Trinajstić information content (AvgIpc) is 2.89. The molecule has 3 N–H and O–H groups in total. The first-order chi connectivity index (χ1) is 7.35. The van der Waals surface area contributed by atoms with Gasteiger partial charge in [-0.3, -0.25) is 0 Å². The zero-order valence-corrected chi connectivity index (χ0v) is 9.85. The van der Waals surface area contributed by atoms with Gasteiger partial charge in [0.2, 0.25) is 0 Å². The van der Waals surface area contributed by atoms with E-state index in [-0.39, 0.29) is 0 Å². The summed E-state index contributed by atoms with van der Waals surface area (Å²) in [7, 11) is 0. The lowest BCUT2D eigenvalue weighted by Gasteiger charge is -2.27. The van der Waals surface area contributed by atoms with E-state index in [4.69, 9.17) is 5.73 Å². The summed E-state index contributed by atoms with van der Waals surface area (Å²) >= 11 is 1.71. The molecule has 3 nitrogen and oxygen atoms in total. The van der Waals surface area contributed by atoms with Crippen LogP contribution in [0.25, 0.3) is 0 Å². The fourth-order valence-electron chi connectivity index (χ4n) is 2.35. The van der Waals surface area contributed by atoms with E-state index >= 15 is 0 Å². The Morgan fingerprint density at radius 3 is 2.87 bits per heavy atom. The number of nitrogens with two attached hydrogens (primary N) is 1. The van der Waals surface area contributed by atoms with Crippen molar-refractivity contribution in [2.45, 2.75) is 32.2 Å². The Labute approximate surface area is 95.1 Å². The summed E-state index contributed by atoms with van der Waals surface area (Å²) in [5.74, 6) is 0. The van der Waals surface area contributed by atoms with Crippen molar-refractivity contribution in [3.05, 3.63) is 16.6 Å². The highest BCUT2D eigenvalue weighted by atomic mass is 32.1. The van der Waals surface area contributed by atoms with Gasteiger partial charge >= 0.3 is 0 Å². The number of rotatable bonds is 5. The molecule has 0 bridgehead atoms. The molecule has 1 heterocycles. The molecule has 1 fully saturated rings.